The summed E-state index contributed by atoms with van der Waals surface area (Å²) >= 11 is 1.32. The molecule has 4 aromatic rings. The highest BCUT2D eigenvalue weighted by Crippen LogP contribution is 2.40. The Kier molecular flexibility index (Phi) is 10.6. The van der Waals surface area contributed by atoms with Crippen molar-refractivity contribution in [1.82, 2.24) is 4.98 Å². The summed E-state index contributed by atoms with van der Waals surface area (Å²) in [7, 11) is 0. The first kappa shape index (κ1) is 29.5. The Hall–Kier alpha value is -4.50. The van der Waals surface area contributed by atoms with Crippen molar-refractivity contribution < 1.29 is 23.9 Å². The second-order valence-corrected chi connectivity index (χ2v) is 9.88. The number of benzene rings is 3. The van der Waals surface area contributed by atoms with Gasteiger partial charge in [-0.25, -0.2) is 14.6 Å². The molecular formula is C32H33N3O5S. The van der Waals surface area contributed by atoms with Gasteiger partial charge in [0.15, 0.2) is 5.13 Å². The molecule has 0 saturated heterocycles. The first-order valence-corrected chi connectivity index (χ1v) is 14.4. The van der Waals surface area contributed by atoms with E-state index in [9.17, 15) is 9.59 Å². The Morgan fingerprint density at radius 1 is 0.854 bits per heavy atom. The fourth-order valence-corrected chi connectivity index (χ4v) is 5.04. The van der Waals surface area contributed by atoms with E-state index in [0.29, 0.717) is 11.7 Å². The zero-order chi connectivity index (χ0) is 28.9. The number of nitrogens with zero attached hydrogens (tertiary/aromatic N) is 2. The summed E-state index contributed by atoms with van der Waals surface area (Å²) in [6.45, 7) is 3.72. The van der Waals surface area contributed by atoms with Crippen LogP contribution in [0.15, 0.2) is 102 Å². The van der Waals surface area contributed by atoms with Gasteiger partial charge in [0, 0.05) is 5.38 Å². The maximum Gasteiger partial charge on any atom is 0.362 e. The molecule has 1 N–H and O–H groups in total. The van der Waals surface area contributed by atoms with Crippen molar-refractivity contribution in [2.24, 2.45) is 5.16 Å². The number of carbonyl (C=O) groups excluding carboxylic acids is 2. The summed E-state index contributed by atoms with van der Waals surface area (Å²) in [5.74, 6) is -1.27. The van der Waals surface area contributed by atoms with Crippen LogP contribution in [0.4, 0.5) is 5.13 Å². The monoisotopic (exact) mass is 571 g/mol. The summed E-state index contributed by atoms with van der Waals surface area (Å²) in [5.41, 5.74) is 2.37. The standard InChI is InChI=1S/C32H33N3O5S/c1-3-5-21-39-28(36)22-40-35-29(30(37)38-4-2)27-23-41-31(33-27)34-32(24-15-9-6-10-16-24,25-17-11-7-12-18-25)26-19-13-8-14-20-26/h6-20,23H,3-5,21-22H2,1-2H3,(H,33,34)/b35-29-. The molecule has 3 aromatic carbocycles. The zero-order valence-electron chi connectivity index (χ0n) is 23.1. The Labute approximate surface area is 244 Å². The van der Waals surface area contributed by atoms with E-state index in [1.807, 2.05) is 61.5 Å². The first-order valence-electron chi connectivity index (χ1n) is 13.5. The molecule has 0 spiro atoms. The molecule has 4 rings (SSSR count). The van der Waals surface area contributed by atoms with E-state index in [1.54, 1.807) is 12.3 Å². The number of aromatic nitrogens is 1. The van der Waals surface area contributed by atoms with Crippen LogP contribution in [-0.4, -0.2) is 42.5 Å². The molecule has 0 saturated carbocycles. The summed E-state index contributed by atoms with van der Waals surface area (Å²) in [5, 5.41) is 9.85. The summed E-state index contributed by atoms with van der Waals surface area (Å²) < 4.78 is 10.3. The molecule has 8 nitrogen and oxygen atoms in total. The molecule has 0 amide bonds. The quantitative estimate of drug-likeness (QED) is 0.0635. The minimum Gasteiger partial charge on any atom is -0.463 e. The van der Waals surface area contributed by atoms with Gasteiger partial charge < -0.3 is 19.6 Å². The normalized spacial score (nSPS) is 11.5. The minimum atomic E-state index is -0.793. The van der Waals surface area contributed by atoms with Gasteiger partial charge in [0.25, 0.3) is 0 Å². The number of hydrogen-bond acceptors (Lipinski definition) is 9. The number of oxime groups is 1. The SMILES string of the molecule is CCCCOC(=O)CO/N=C(\C(=O)OCC)c1csc(NC(c2ccccc2)(c2ccccc2)c2ccccc2)n1. The third-order valence-electron chi connectivity index (χ3n) is 6.23. The van der Waals surface area contributed by atoms with Crippen molar-refractivity contribution in [3.8, 4) is 0 Å². The predicted octanol–water partition coefficient (Wildman–Crippen LogP) is 6.17. The van der Waals surface area contributed by atoms with Gasteiger partial charge >= 0.3 is 11.9 Å². The highest BCUT2D eigenvalue weighted by molar-refractivity contribution is 7.14. The molecule has 9 heteroatoms. The highest BCUT2D eigenvalue weighted by Gasteiger charge is 2.37. The van der Waals surface area contributed by atoms with Crippen LogP contribution < -0.4 is 5.32 Å². The maximum absolute atomic E-state index is 12.8. The van der Waals surface area contributed by atoms with E-state index < -0.39 is 24.1 Å². The van der Waals surface area contributed by atoms with E-state index in [0.717, 1.165) is 29.5 Å². The average molecular weight is 572 g/mol. The molecule has 1 aromatic heterocycles. The second kappa shape index (κ2) is 14.8. The summed E-state index contributed by atoms with van der Waals surface area (Å²) in [6, 6.07) is 30.4. The van der Waals surface area contributed by atoms with E-state index >= 15 is 0 Å². The molecule has 0 fully saturated rings. The van der Waals surface area contributed by atoms with Crippen molar-refractivity contribution in [1.29, 1.82) is 0 Å². The van der Waals surface area contributed by atoms with Crippen molar-refractivity contribution in [3.05, 3.63) is 119 Å². The molecule has 0 aliphatic heterocycles. The lowest BCUT2D eigenvalue weighted by atomic mass is 9.77. The predicted molar refractivity (Wildman–Crippen MR) is 160 cm³/mol. The van der Waals surface area contributed by atoms with Gasteiger partial charge in [-0.1, -0.05) is 109 Å². The number of ether oxygens (including phenoxy) is 2. The lowest BCUT2D eigenvalue weighted by Gasteiger charge is -2.36. The smallest absolute Gasteiger partial charge is 0.362 e. The molecule has 212 valence electrons. The summed E-state index contributed by atoms with van der Waals surface area (Å²) in [4.78, 5) is 34.6. The average Bonchev–Trinajstić information content (AvgIpc) is 3.47. The Bertz CT molecular complexity index is 1330. The number of carbonyl (C=O) groups is 2. The lowest BCUT2D eigenvalue weighted by molar-refractivity contribution is -0.149. The Morgan fingerprint density at radius 2 is 1.41 bits per heavy atom. The van der Waals surface area contributed by atoms with Crippen LogP contribution in [0.2, 0.25) is 0 Å². The molecule has 0 bridgehead atoms. The number of rotatable bonds is 14. The van der Waals surface area contributed by atoms with Crippen LogP contribution >= 0.6 is 11.3 Å². The second-order valence-electron chi connectivity index (χ2n) is 9.02. The van der Waals surface area contributed by atoms with Gasteiger partial charge in [-0.15, -0.1) is 11.3 Å². The minimum absolute atomic E-state index is 0.137. The molecule has 0 radical (unpaired) electrons. The third-order valence-corrected chi connectivity index (χ3v) is 6.99. The van der Waals surface area contributed by atoms with Crippen LogP contribution in [0.25, 0.3) is 0 Å². The zero-order valence-corrected chi connectivity index (χ0v) is 23.9. The molecule has 0 atom stereocenters. The van der Waals surface area contributed by atoms with Crippen molar-refractivity contribution in [2.45, 2.75) is 32.2 Å². The van der Waals surface area contributed by atoms with Gasteiger partial charge in [-0.05, 0) is 30.0 Å². The molecule has 0 aliphatic rings. The number of thiazole rings is 1. The van der Waals surface area contributed by atoms with Gasteiger partial charge in [-0.3, -0.25) is 0 Å². The van der Waals surface area contributed by atoms with E-state index in [1.165, 1.54) is 11.3 Å². The summed E-state index contributed by atoms with van der Waals surface area (Å²) in [6.07, 6.45) is 1.66. The van der Waals surface area contributed by atoms with Crippen molar-refractivity contribution >= 4 is 34.1 Å². The number of esters is 2. The Balaban J connectivity index is 1.70. The van der Waals surface area contributed by atoms with E-state index in [-0.39, 0.29) is 18.0 Å². The van der Waals surface area contributed by atoms with E-state index in [4.69, 9.17) is 19.3 Å². The van der Waals surface area contributed by atoms with E-state index in [2.05, 4.69) is 46.9 Å². The van der Waals surface area contributed by atoms with Crippen molar-refractivity contribution in [2.75, 3.05) is 25.1 Å². The van der Waals surface area contributed by atoms with Crippen LogP contribution in [-0.2, 0) is 29.4 Å². The number of hydrogen-bond donors (Lipinski definition) is 1. The molecule has 1 heterocycles. The number of unbranched alkanes of at least 4 members (excludes halogenated alkanes) is 1. The van der Waals surface area contributed by atoms with Gasteiger partial charge in [-0.2, -0.15) is 0 Å². The fourth-order valence-electron chi connectivity index (χ4n) is 4.29. The molecule has 0 unspecified atom stereocenters. The van der Waals surface area contributed by atoms with Crippen LogP contribution in [0.3, 0.4) is 0 Å². The van der Waals surface area contributed by atoms with Crippen LogP contribution in [0.1, 0.15) is 49.1 Å². The molecule has 0 aliphatic carbocycles. The number of anilines is 1. The third kappa shape index (κ3) is 7.37. The van der Waals surface area contributed by atoms with Crippen LogP contribution in [0, 0.1) is 0 Å². The van der Waals surface area contributed by atoms with Crippen LogP contribution in [0.5, 0.6) is 0 Å². The van der Waals surface area contributed by atoms with Gasteiger partial charge in [0.1, 0.15) is 11.2 Å². The molecular weight excluding hydrogens is 538 g/mol. The topological polar surface area (TPSA) is 99.1 Å². The highest BCUT2D eigenvalue weighted by atomic mass is 32.1. The number of nitrogens with one attached hydrogen (secondary N) is 1. The maximum atomic E-state index is 12.8. The molecule has 41 heavy (non-hydrogen) atoms. The fraction of sp³-hybridized carbons (Fsp3) is 0.250. The van der Waals surface area contributed by atoms with Gasteiger partial charge in [0.2, 0.25) is 12.3 Å². The lowest BCUT2D eigenvalue weighted by Crippen LogP contribution is -2.38. The first-order chi connectivity index (χ1) is 20.1. The largest absolute Gasteiger partial charge is 0.463 e. The Morgan fingerprint density at radius 3 is 1.93 bits per heavy atom. The van der Waals surface area contributed by atoms with Gasteiger partial charge in [0.05, 0.1) is 13.2 Å². The van der Waals surface area contributed by atoms with Crippen molar-refractivity contribution in [3.63, 3.8) is 0 Å².